The van der Waals surface area contributed by atoms with Crippen LogP contribution in [0.1, 0.15) is 0 Å². The minimum Gasteiger partial charge on any atom is -0.508 e. The number of hydrogen-bond donors (Lipinski definition) is 2. The molecule has 18 heavy (non-hydrogen) atoms. The fraction of sp³-hybridized carbons (Fsp3) is 0.143. The molecule has 0 unspecified atom stereocenters. The summed E-state index contributed by atoms with van der Waals surface area (Å²) in [5, 5.41) is 19.3. The highest BCUT2D eigenvalue weighted by Crippen LogP contribution is 2.37. The Bertz CT molecular complexity index is 564. The molecule has 0 saturated carbocycles. The number of phenols is 2. The van der Waals surface area contributed by atoms with Gasteiger partial charge in [-0.15, -0.1) is 0 Å². The van der Waals surface area contributed by atoms with Crippen LogP contribution < -0.4 is 9.47 Å². The fourth-order valence-electron chi connectivity index (χ4n) is 1.76. The van der Waals surface area contributed by atoms with E-state index in [1.165, 1.54) is 18.2 Å². The number of aromatic hydroxyl groups is 2. The van der Waals surface area contributed by atoms with E-state index in [4.69, 9.17) is 9.47 Å². The van der Waals surface area contributed by atoms with E-state index in [9.17, 15) is 10.2 Å². The molecule has 2 N–H and O–H groups in total. The summed E-state index contributed by atoms with van der Waals surface area (Å²) in [6.07, 6.45) is 0. The number of benzene rings is 2. The molecule has 2 aromatic carbocycles. The Hall–Kier alpha value is -2.36. The lowest BCUT2D eigenvalue weighted by Crippen LogP contribution is -1.91. The summed E-state index contributed by atoms with van der Waals surface area (Å²) in [5.41, 5.74) is 1.28. The van der Waals surface area contributed by atoms with Crippen LogP contribution in [-0.4, -0.2) is 24.4 Å². The van der Waals surface area contributed by atoms with Gasteiger partial charge in [0, 0.05) is 5.56 Å². The average Bonchev–Trinajstić information content (AvgIpc) is 2.40. The molecule has 0 amide bonds. The summed E-state index contributed by atoms with van der Waals surface area (Å²) in [7, 11) is 3.10. The van der Waals surface area contributed by atoms with Crippen LogP contribution in [0.4, 0.5) is 0 Å². The van der Waals surface area contributed by atoms with Gasteiger partial charge in [-0.3, -0.25) is 0 Å². The van der Waals surface area contributed by atoms with Gasteiger partial charge in [-0.25, -0.2) is 0 Å². The number of phenolic OH excluding ortho intramolecular Hbond substituents is 2. The Labute approximate surface area is 105 Å². The molecule has 0 bridgehead atoms. The Morgan fingerprint density at radius 2 is 1.56 bits per heavy atom. The van der Waals surface area contributed by atoms with E-state index in [0.717, 1.165) is 5.56 Å². The molecule has 2 aromatic rings. The zero-order valence-corrected chi connectivity index (χ0v) is 10.2. The third-order valence-electron chi connectivity index (χ3n) is 2.67. The largest absolute Gasteiger partial charge is 0.508 e. The van der Waals surface area contributed by atoms with Crippen molar-refractivity contribution >= 4 is 0 Å². The summed E-state index contributed by atoms with van der Waals surface area (Å²) in [4.78, 5) is 0. The molecule has 4 nitrogen and oxygen atoms in total. The lowest BCUT2D eigenvalue weighted by molar-refractivity contribution is 0.355. The first-order valence-electron chi connectivity index (χ1n) is 5.40. The molecule has 0 aliphatic heterocycles. The Balaban J connectivity index is 2.54. The molecule has 0 radical (unpaired) electrons. The molecule has 0 aromatic heterocycles. The van der Waals surface area contributed by atoms with E-state index in [0.29, 0.717) is 17.1 Å². The summed E-state index contributed by atoms with van der Waals surface area (Å²) in [6, 6.07) is 9.65. The molecule has 0 spiro atoms. The SMILES string of the molecule is COc1ccc(-c2cc(O)ccc2O)cc1OC. The minimum atomic E-state index is 0.0950. The van der Waals surface area contributed by atoms with Gasteiger partial charge < -0.3 is 19.7 Å². The van der Waals surface area contributed by atoms with Gasteiger partial charge in [0.1, 0.15) is 11.5 Å². The van der Waals surface area contributed by atoms with Gasteiger partial charge in [0.05, 0.1) is 14.2 Å². The van der Waals surface area contributed by atoms with E-state index in [1.807, 2.05) is 0 Å². The first-order valence-corrected chi connectivity index (χ1v) is 5.40. The van der Waals surface area contributed by atoms with Crippen molar-refractivity contribution in [2.24, 2.45) is 0 Å². The van der Waals surface area contributed by atoms with Crippen molar-refractivity contribution in [2.45, 2.75) is 0 Å². The standard InChI is InChI=1S/C14H14O4/c1-17-13-6-3-9(7-14(13)18-2)11-8-10(15)4-5-12(11)16/h3-8,15-16H,1-2H3. The number of methoxy groups -OCH3 is 2. The number of ether oxygens (including phenoxy) is 2. The number of hydrogen-bond acceptors (Lipinski definition) is 4. The van der Waals surface area contributed by atoms with E-state index in [1.54, 1.807) is 32.4 Å². The highest BCUT2D eigenvalue weighted by atomic mass is 16.5. The number of rotatable bonds is 3. The first-order chi connectivity index (χ1) is 8.65. The quantitative estimate of drug-likeness (QED) is 0.817. The third kappa shape index (κ3) is 2.18. The summed E-state index contributed by atoms with van der Waals surface area (Å²) in [5.74, 6) is 1.37. The Morgan fingerprint density at radius 1 is 0.833 bits per heavy atom. The topological polar surface area (TPSA) is 58.9 Å². The lowest BCUT2D eigenvalue weighted by Gasteiger charge is -2.10. The van der Waals surface area contributed by atoms with Crippen LogP contribution in [0, 0.1) is 0 Å². The van der Waals surface area contributed by atoms with Crippen molar-refractivity contribution in [2.75, 3.05) is 14.2 Å². The van der Waals surface area contributed by atoms with Crippen molar-refractivity contribution in [3.05, 3.63) is 36.4 Å². The summed E-state index contributed by atoms with van der Waals surface area (Å²) in [6.45, 7) is 0. The average molecular weight is 246 g/mol. The Kier molecular flexibility index (Phi) is 3.28. The highest BCUT2D eigenvalue weighted by Gasteiger charge is 2.09. The Morgan fingerprint density at radius 3 is 2.22 bits per heavy atom. The predicted molar refractivity (Wildman–Crippen MR) is 68.3 cm³/mol. The molecule has 0 aliphatic rings. The highest BCUT2D eigenvalue weighted by molar-refractivity contribution is 5.73. The van der Waals surface area contributed by atoms with Crippen LogP contribution in [-0.2, 0) is 0 Å². The summed E-state index contributed by atoms with van der Waals surface area (Å²) >= 11 is 0. The first kappa shape index (κ1) is 12.1. The van der Waals surface area contributed by atoms with Gasteiger partial charge in [-0.1, -0.05) is 6.07 Å². The van der Waals surface area contributed by atoms with Crippen LogP contribution in [0.15, 0.2) is 36.4 Å². The third-order valence-corrected chi connectivity index (χ3v) is 2.67. The van der Waals surface area contributed by atoms with E-state index >= 15 is 0 Å². The maximum Gasteiger partial charge on any atom is 0.161 e. The van der Waals surface area contributed by atoms with E-state index in [-0.39, 0.29) is 11.5 Å². The van der Waals surface area contributed by atoms with Gasteiger partial charge in [-0.05, 0) is 35.9 Å². The van der Waals surface area contributed by atoms with Gasteiger partial charge in [0.2, 0.25) is 0 Å². The van der Waals surface area contributed by atoms with E-state index < -0.39 is 0 Å². The van der Waals surface area contributed by atoms with Gasteiger partial charge in [-0.2, -0.15) is 0 Å². The van der Waals surface area contributed by atoms with Crippen LogP contribution >= 0.6 is 0 Å². The zero-order valence-electron chi connectivity index (χ0n) is 10.2. The van der Waals surface area contributed by atoms with Crippen molar-refractivity contribution in [1.29, 1.82) is 0 Å². The van der Waals surface area contributed by atoms with Crippen molar-refractivity contribution < 1.29 is 19.7 Å². The molecule has 94 valence electrons. The molecule has 0 fully saturated rings. The van der Waals surface area contributed by atoms with Crippen molar-refractivity contribution in [3.8, 4) is 34.1 Å². The van der Waals surface area contributed by atoms with Crippen LogP contribution in [0.25, 0.3) is 11.1 Å². The van der Waals surface area contributed by atoms with Crippen LogP contribution in [0.5, 0.6) is 23.0 Å². The van der Waals surface area contributed by atoms with Gasteiger partial charge >= 0.3 is 0 Å². The predicted octanol–water partition coefficient (Wildman–Crippen LogP) is 2.78. The minimum absolute atomic E-state index is 0.0950. The normalized spacial score (nSPS) is 10.1. The second-order valence-corrected chi connectivity index (χ2v) is 3.77. The second-order valence-electron chi connectivity index (χ2n) is 3.77. The summed E-state index contributed by atoms with van der Waals surface area (Å²) < 4.78 is 10.3. The molecule has 0 aliphatic carbocycles. The molecule has 0 saturated heterocycles. The molecular formula is C14H14O4. The molecule has 4 heteroatoms. The maximum atomic E-state index is 9.80. The fourth-order valence-corrected chi connectivity index (χ4v) is 1.76. The van der Waals surface area contributed by atoms with Crippen molar-refractivity contribution in [1.82, 2.24) is 0 Å². The molecule has 0 atom stereocenters. The second kappa shape index (κ2) is 4.87. The van der Waals surface area contributed by atoms with Crippen LogP contribution in [0.2, 0.25) is 0 Å². The smallest absolute Gasteiger partial charge is 0.161 e. The van der Waals surface area contributed by atoms with Crippen molar-refractivity contribution in [3.63, 3.8) is 0 Å². The van der Waals surface area contributed by atoms with Crippen LogP contribution in [0.3, 0.4) is 0 Å². The lowest BCUT2D eigenvalue weighted by atomic mass is 10.0. The molecule has 0 heterocycles. The van der Waals surface area contributed by atoms with E-state index in [2.05, 4.69) is 0 Å². The van der Waals surface area contributed by atoms with Gasteiger partial charge in [0.15, 0.2) is 11.5 Å². The molecule has 2 rings (SSSR count). The molecular weight excluding hydrogens is 232 g/mol. The zero-order chi connectivity index (χ0) is 13.1. The van der Waals surface area contributed by atoms with Gasteiger partial charge in [0.25, 0.3) is 0 Å². The monoisotopic (exact) mass is 246 g/mol. The maximum absolute atomic E-state index is 9.80.